The number of nitrogens with zero attached hydrogens (tertiary/aromatic N) is 1. The number of aliphatic hydroxyl groups excluding tert-OH is 1. The first-order chi connectivity index (χ1) is 18.2. The number of hydrogen-bond acceptors (Lipinski definition) is 5. The Labute approximate surface area is 227 Å². The van der Waals surface area contributed by atoms with Gasteiger partial charge in [-0.25, -0.2) is 0 Å². The average molecular weight is 540 g/mol. The minimum Gasteiger partial charge on any atom is -0.394 e. The quantitative estimate of drug-likeness (QED) is 0.468. The summed E-state index contributed by atoms with van der Waals surface area (Å²) in [7, 11) is 0. The van der Waals surface area contributed by atoms with Gasteiger partial charge >= 0.3 is 0 Å². The Hall–Kier alpha value is -2.94. The van der Waals surface area contributed by atoms with Gasteiger partial charge < -0.3 is 25.4 Å². The van der Waals surface area contributed by atoms with Crippen molar-refractivity contribution in [1.29, 1.82) is 0 Å². The molecule has 2 bridgehead atoms. The highest BCUT2D eigenvalue weighted by Crippen LogP contribution is 2.64. The summed E-state index contributed by atoms with van der Waals surface area (Å²) in [5.41, 5.74) is -0.857. The fourth-order valence-electron chi connectivity index (χ4n) is 6.82. The number of halogens is 1. The van der Waals surface area contributed by atoms with Crippen molar-refractivity contribution < 1.29 is 24.2 Å². The monoisotopic (exact) mass is 539 g/mol. The summed E-state index contributed by atoms with van der Waals surface area (Å²) in [6.07, 6.45) is 1.56. The molecule has 38 heavy (non-hydrogen) atoms. The van der Waals surface area contributed by atoms with Gasteiger partial charge in [0.2, 0.25) is 17.7 Å². The Morgan fingerprint density at radius 1 is 1.05 bits per heavy atom. The summed E-state index contributed by atoms with van der Waals surface area (Å²) >= 11 is 6.02. The molecule has 0 saturated carbocycles. The number of aliphatic hydroxyl groups is 1. The predicted octanol–water partition coefficient (Wildman–Crippen LogP) is 4.09. The number of hydrogen-bond donors (Lipinski definition) is 3. The second kappa shape index (κ2) is 9.98. The van der Waals surface area contributed by atoms with E-state index in [1.54, 1.807) is 36.4 Å². The van der Waals surface area contributed by atoms with Gasteiger partial charge in [-0.2, -0.15) is 0 Å². The van der Waals surface area contributed by atoms with E-state index in [0.29, 0.717) is 35.7 Å². The number of likely N-dealkylation sites (tertiary alicyclic amines) is 1. The van der Waals surface area contributed by atoms with Crippen LogP contribution in [0.5, 0.6) is 0 Å². The molecule has 202 valence electrons. The van der Waals surface area contributed by atoms with Crippen LogP contribution in [0, 0.1) is 17.8 Å². The fraction of sp³-hybridized carbons (Fsp3) is 0.483. The zero-order chi connectivity index (χ0) is 27.2. The maximum absolute atomic E-state index is 14.3. The van der Waals surface area contributed by atoms with Gasteiger partial charge in [0.1, 0.15) is 11.6 Å². The van der Waals surface area contributed by atoms with Crippen LogP contribution < -0.4 is 10.6 Å². The molecule has 0 aliphatic carbocycles. The molecule has 2 aromatic carbocycles. The van der Waals surface area contributed by atoms with Gasteiger partial charge in [0.05, 0.1) is 30.1 Å². The lowest BCUT2D eigenvalue weighted by Gasteiger charge is -2.38. The first-order valence-corrected chi connectivity index (χ1v) is 13.6. The van der Waals surface area contributed by atoms with Crippen molar-refractivity contribution in [3.05, 3.63) is 59.6 Å². The van der Waals surface area contributed by atoms with Gasteiger partial charge in [-0.15, -0.1) is 0 Å². The summed E-state index contributed by atoms with van der Waals surface area (Å²) in [5.74, 6) is -2.75. The van der Waals surface area contributed by atoms with Crippen LogP contribution >= 0.6 is 11.6 Å². The average Bonchev–Trinajstić information content (AvgIpc) is 3.50. The molecule has 3 aliphatic heterocycles. The van der Waals surface area contributed by atoms with E-state index in [9.17, 15) is 19.5 Å². The van der Waals surface area contributed by atoms with Gasteiger partial charge in [-0.1, -0.05) is 50.6 Å². The van der Waals surface area contributed by atoms with Crippen LogP contribution in [0.25, 0.3) is 0 Å². The van der Waals surface area contributed by atoms with Crippen molar-refractivity contribution in [2.45, 2.75) is 63.3 Å². The van der Waals surface area contributed by atoms with Crippen molar-refractivity contribution in [3.63, 3.8) is 0 Å². The second-order valence-corrected chi connectivity index (χ2v) is 11.4. The van der Waals surface area contributed by atoms with Crippen molar-refractivity contribution >= 4 is 40.7 Å². The van der Waals surface area contributed by atoms with Crippen LogP contribution in [-0.2, 0) is 19.1 Å². The second-order valence-electron chi connectivity index (χ2n) is 10.9. The molecule has 2 unspecified atom stereocenters. The van der Waals surface area contributed by atoms with E-state index in [1.165, 1.54) is 4.90 Å². The number of ether oxygens (including phenoxy) is 1. The van der Waals surface area contributed by atoms with Crippen molar-refractivity contribution in [3.8, 4) is 0 Å². The van der Waals surface area contributed by atoms with E-state index in [1.807, 2.05) is 39.0 Å². The SMILES string of the molecule is CC[C@@]12CCC3(O1)C(C(=O)Nc1ccc(Cl)cc1)N([C@@H](CO)C(C)C)C(=O)[C@@H]3[C@@H]2C(=O)Nc1ccccc1. The number of para-hydroxylation sites is 1. The molecule has 3 aliphatic rings. The Morgan fingerprint density at radius 2 is 1.68 bits per heavy atom. The third-order valence-corrected chi connectivity index (χ3v) is 8.87. The summed E-state index contributed by atoms with van der Waals surface area (Å²) in [4.78, 5) is 43.6. The molecule has 3 amide bonds. The Morgan fingerprint density at radius 3 is 2.29 bits per heavy atom. The molecule has 6 atom stereocenters. The molecule has 3 fully saturated rings. The lowest BCUT2D eigenvalue weighted by Crippen LogP contribution is -2.57. The van der Waals surface area contributed by atoms with Gasteiger partial charge in [-0.3, -0.25) is 14.4 Å². The number of fused-ring (bicyclic) bond motifs is 1. The van der Waals surface area contributed by atoms with Crippen molar-refractivity contribution in [2.24, 2.45) is 17.8 Å². The lowest BCUT2D eigenvalue weighted by atomic mass is 9.65. The van der Waals surface area contributed by atoms with Gasteiger partial charge in [0, 0.05) is 16.4 Å². The fourth-order valence-corrected chi connectivity index (χ4v) is 6.94. The Kier molecular flexibility index (Phi) is 7.00. The molecule has 0 radical (unpaired) electrons. The highest BCUT2D eigenvalue weighted by Gasteiger charge is 2.79. The Bertz CT molecular complexity index is 1220. The topological polar surface area (TPSA) is 108 Å². The minimum atomic E-state index is -1.18. The predicted molar refractivity (Wildman–Crippen MR) is 145 cm³/mol. The first kappa shape index (κ1) is 26.7. The van der Waals surface area contributed by atoms with Gasteiger partial charge in [0.25, 0.3) is 0 Å². The number of nitrogens with one attached hydrogen (secondary N) is 2. The largest absolute Gasteiger partial charge is 0.394 e. The molecular weight excluding hydrogens is 506 g/mol. The summed E-state index contributed by atoms with van der Waals surface area (Å²) in [6, 6.07) is 14.2. The molecule has 2 aromatic rings. The van der Waals surface area contributed by atoms with Crippen LogP contribution in [-0.4, -0.2) is 57.6 Å². The van der Waals surface area contributed by atoms with Crippen LogP contribution in [0.4, 0.5) is 11.4 Å². The molecule has 0 aromatic heterocycles. The summed E-state index contributed by atoms with van der Waals surface area (Å²) in [6.45, 7) is 5.45. The van der Waals surface area contributed by atoms with Crippen LogP contribution in [0.2, 0.25) is 5.02 Å². The number of rotatable bonds is 8. The van der Waals surface area contributed by atoms with E-state index in [2.05, 4.69) is 10.6 Å². The molecule has 3 N–H and O–H groups in total. The Balaban J connectivity index is 1.57. The minimum absolute atomic E-state index is 0.126. The number of carbonyl (C=O) groups is 3. The third-order valence-electron chi connectivity index (χ3n) is 8.62. The van der Waals surface area contributed by atoms with Gasteiger partial charge in [-0.05, 0) is 61.6 Å². The first-order valence-electron chi connectivity index (χ1n) is 13.2. The summed E-state index contributed by atoms with van der Waals surface area (Å²) in [5, 5.41) is 16.8. The van der Waals surface area contributed by atoms with E-state index >= 15 is 0 Å². The van der Waals surface area contributed by atoms with Crippen LogP contribution in [0.3, 0.4) is 0 Å². The molecule has 3 heterocycles. The third kappa shape index (κ3) is 4.10. The maximum Gasteiger partial charge on any atom is 0.250 e. The number of carbonyl (C=O) groups excluding carboxylic acids is 3. The summed E-state index contributed by atoms with van der Waals surface area (Å²) < 4.78 is 6.77. The lowest BCUT2D eigenvalue weighted by molar-refractivity contribution is -0.149. The highest BCUT2D eigenvalue weighted by molar-refractivity contribution is 6.30. The molecule has 3 saturated heterocycles. The smallest absolute Gasteiger partial charge is 0.250 e. The molecular formula is C29H34ClN3O5. The highest BCUT2D eigenvalue weighted by atomic mass is 35.5. The van der Waals surface area contributed by atoms with E-state index < -0.39 is 41.0 Å². The van der Waals surface area contributed by atoms with Crippen LogP contribution in [0.15, 0.2) is 54.6 Å². The number of anilines is 2. The van der Waals surface area contributed by atoms with Crippen molar-refractivity contribution in [2.75, 3.05) is 17.2 Å². The standard InChI is InChI=1S/C29H34ClN3O5/c1-4-28-14-15-29(38-28)23(22(28)25(35)31-19-8-6-5-7-9-19)27(37)33(21(16-34)17(2)3)24(29)26(36)32-20-12-10-18(30)11-13-20/h5-13,17,21-24,34H,4,14-16H2,1-3H3,(H,31,35)(H,32,36)/t21-,22+,23-,24?,28-,29?/m0/s1. The van der Waals surface area contributed by atoms with E-state index in [0.717, 1.165) is 0 Å². The molecule has 5 rings (SSSR count). The number of benzene rings is 2. The molecule has 9 heteroatoms. The van der Waals surface area contributed by atoms with Crippen molar-refractivity contribution in [1.82, 2.24) is 4.90 Å². The van der Waals surface area contributed by atoms with E-state index in [4.69, 9.17) is 16.3 Å². The van der Waals surface area contributed by atoms with E-state index in [-0.39, 0.29) is 24.3 Å². The zero-order valence-electron chi connectivity index (χ0n) is 21.8. The van der Waals surface area contributed by atoms with Gasteiger partial charge in [0.15, 0.2) is 0 Å². The molecule has 1 spiro atoms. The normalized spacial score (nSPS) is 30.4. The zero-order valence-corrected chi connectivity index (χ0v) is 22.6. The maximum atomic E-state index is 14.3. The molecule has 8 nitrogen and oxygen atoms in total. The van der Waals surface area contributed by atoms with Crippen LogP contribution in [0.1, 0.15) is 40.0 Å². The number of amides is 3.